The molecule has 0 spiro atoms. The van der Waals surface area contributed by atoms with Gasteiger partial charge in [-0.15, -0.1) is 0 Å². The number of sulfonamides is 1. The van der Waals surface area contributed by atoms with Gasteiger partial charge in [-0.1, -0.05) is 17.2 Å². The first-order chi connectivity index (χ1) is 11.8. The summed E-state index contributed by atoms with van der Waals surface area (Å²) in [4.78, 5) is 4.75. The second kappa shape index (κ2) is 5.63. The molecule has 0 amide bonds. The maximum atomic E-state index is 12.9. The quantitative estimate of drug-likeness (QED) is 0.818. The maximum Gasteiger partial charge on any atom is 0.248 e. The topological polar surface area (TPSA) is 102 Å². The number of aromatic nitrogens is 3. The average molecular weight is 366 g/mol. The molecule has 3 heterocycles. The van der Waals surface area contributed by atoms with Crippen LogP contribution in [0.4, 0.5) is 0 Å². The van der Waals surface area contributed by atoms with Gasteiger partial charge in [-0.2, -0.15) is 9.29 Å². The van der Waals surface area contributed by atoms with Gasteiger partial charge in [0.05, 0.1) is 0 Å². The Hall–Kier alpha value is -1.74. The third kappa shape index (κ3) is 2.79. The van der Waals surface area contributed by atoms with Gasteiger partial charge in [0.2, 0.25) is 15.9 Å². The lowest BCUT2D eigenvalue weighted by Crippen LogP contribution is -2.38. The van der Waals surface area contributed by atoms with Crippen LogP contribution in [0, 0.1) is 13.8 Å². The van der Waals surface area contributed by atoms with Gasteiger partial charge in [-0.25, -0.2) is 8.42 Å². The zero-order chi connectivity index (χ0) is 17.8. The summed E-state index contributed by atoms with van der Waals surface area (Å²) >= 11 is 0. The van der Waals surface area contributed by atoms with Crippen molar-refractivity contribution >= 4 is 10.0 Å². The van der Waals surface area contributed by atoms with Gasteiger partial charge in [0, 0.05) is 24.4 Å². The minimum Gasteiger partial charge on any atom is -0.360 e. The fourth-order valence-corrected chi connectivity index (χ4v) is 5.13. The van der Waals surface area contributed by atoms with E-state index in [0.29, 0.717) is 43.3 Å². The van der Waals surface area contributed by atoms with E-state index in [1.807, 2.05) is 0 Å². The number of nitrogens with zero attached hydrogens (tertiary/aromatic N) is 4. The normalized spacial score (nSPS) is 21.6. The number of rotatable bonds is 4. The first kappa shape index (κ1) is 16.7. The van der Waals surface area contributed by atoms with Crippen molar-refractivity contribution in [1.29, 1.82) is 0 Å². The summed E-state index contributed by atoms with van der Waals surface area (Å²) in [6, 6.07) is 0. The average Bonchev–Trinajstić information content (AvgIpc) is 2.99. The Labute approximate surface area is 146 Å². The van der Waals surface area contributed by atoms with Crippen LogP contribution in [0.3, 0.4) is 0 Å². The molecule has 1 saturated heterocycles. The monoisotopic (exact) mass is 366 g/mol. The van der Waals surface area contributed by atoms with Crippen LogP contribution in [0.2, 0.25) is 0 Å². The Balaban J connectivity index is 1.47. The zero-order valence-corrected chi connectivity index (χ0v) is 15.5. The molecule has 25 heavy (non-hydrogen) atoms. The van der Waals surface area contributed by atoms with Crippen molar-refractivity contribution in [2.75, 3.05) is 13.1 Å². The van der Waals surface area contributed by atoms with E-state index < -0.39 is 10.0 Å². The molecule has 9 heteroatoms. The summed E-state index contributed by atoms with van der Waals surface area (Å²) in [5, 5.41) is 7.88. The molecule has 0 atom stereocenters. The van der Waals surface area contributed by atoms with Crippen LogP contribution in [-0.2, 0) is 15.4 Å². The highest BCUT2D eigenvalue weighted by Gasteiger charge is 2.44. The van der Waals surface area contributed by atoms with E-state index in [0.717, 1.165) is 18.7 Å². The molecule has 1 aliphatic heterocycles. The van der Waals surface area contributed by atoms with Gasteiger partial charge < -0.3 is 9.05 Å². The van der Waals surface area contributed by atoms with Crippen LogP contribution in [0.25, 0.3) is 0 Å². The third-order valence-corrected chi connectivity index (χ3v) is 7.49. The molecular weight excluding hydrogens is 344 g/mol. The molecule has 2 aliphatic rings. The second-order valence-corrected chi connectivity index (χ2v) is 9.22. The first-order valence-electron chi connectivity index (χ1n) is 8.58. The predicted molar refractivity (Wildman–Crippen MR) is 87.6 cm³/mol. The lowest BCUT2D eigenvalue weighted by Gasteiger charge is -2.29. The minimum atomic E-state index is -3.58. The molecule has 8 nitrogen and oxygen atoms in total. The van der Waals surface area contributed by atoms with Gasteiger partial charge in [0.1, 0.15) is 10.6 Å². The van der Waals surface area contributed by atoms with Gasteiger partial charge in [0.25, 0.3) is 0 Å². The van der Waals surface area contributed by atoms with Crippen LogP contribution in [-0.4, -0.2) is 41.1 Å². The van der Waals surface area contributed by atoms with E-state index in [1.54, 1.807) is 13.8 Å². The van der Waals surface area contributed by atoms with Crippen LogP contribution in [0.5, 0.6) is 0 Å². The van der Waals surface area contributed by atoms with Crippen molar-refractivity contribution in [3.8, 4) is 0 Å². The van der Waals surface area contributed by atoms with E-state index in [4.69, 9.17) is 9.05 Å². The summed E-state index contributed by atoms with van der Waals surface area (Å²) in [6.45, 7) is 6.26. The third-order valence-electron chi connectivity index (χ3n) is 5.35. The van der Waals surface area contributed by atoms with Crippen LogP contribution >= 0.6 is 0 Å². The Morgan fingerprint density at radius 1 is 1.12 bits per heavy atom. The maximum absolute atomic E-state index is 12.9. The van der Waals surface area contributed by atoms with Gasteiger partial charge in [-0.05, 0) is 39.5 Å². The van der Waals surface area contributed by atoms with Crippen molar-refractivity contribution in [3.63, 3.8) is 0 Å². The van der Waals surface area contributed by atoms with E-state index in [2.05, 4.69) is 22.2 Å². The fraction of sp³-hybridized carbons (Fsp3) is 0.688. The molecule has 0 unspecified atom stereocenters. The zero-order valence-electron chi connectivity index (χ0n) is 14.7. The van der Waals surface area contributed by atoms with Crippen molar-refractivity contribution in [2.45, 2.75) is 62.7 Å². The van der Waals surface area contributed by atoms with Crippen LogP contribution in [0.1, 0.15) is 61.7 Å². The van der Waals surface area contributed by atoms with Gasteiger partial charge in [0.15, 0.2) is 11.6 Å². The largest absolute Gasteiger partial charge is 0.360 e. The van der Waals surface area contributed by atoms with E-state index in [1.165, 1.54) is 4.31 Å². The van der Waals surface area contributed by atoms with Crippen molar-refractivity contribution < 1.29 is 17.5 Å². The standard InChI is InChI=1S/C16H22N4O4S/c1-10-13(11(2)23-18-10)25(21,22)20-8-4-12(5-9-20)14-17-15(19-24-14)16(3)6-7-16/h12H,4-9H2,1-3H3. The molecule has 1 saturated carbocycles. The predicted octanol–water partition coefficient (Wildman–Crippen LogP) is 2.29. The number of piperidine rings is 1. The molecule has 2 fully saturated rings. The van der Waals surface area contributed by atoms with E-state index >= 15 is 0 Å². The number of aryl methyl sites for hydroxylation is 2. The Morgan fingerprint density at radius 2 is 1.80 bits per heavy atom. The number of hydrogen-bond donors (Lipinski definition) is 0. The van der Waals surface area contributed by atoms with Gasteiger partial charge in [-0.3, -0.25) is 0 Å². The Bertz CT molecular complexity index is 870. The SMILES string of the molecule is Cc1noc(C)c1S(=O)(=O)N1CCC(c2nc(C3(C)CC3)no2)CC1. The summed E-state index contributed by atoms with van der Waals surface area (Å²) in [7, 11) is -3.58. The highest BCUT2D eigenvalue weighted by Crippen LogP contribution is 2.46. The molecule has 2 aromatic rings. The van der Waals surface area contributed by atoms with E-state index in [-0.39, 0.29) is 16.2 Å². The number of hydrogen-bond acceptors (Lipinski definition) is 7. The summed E-state index contributed by atoms with van der Waals surface area (Å²) in [5.74, 6) is 1.87. The second-order valence-electron chi connectivity index (χ2n) is 7.35. The molecular formula is C16H22N4O4S. The summed E-state index contributed by atoms with van der Waals surface area (Å²) in [5.41, 5.74) is 0.480. The van der Waals surface area contributed by atoms with Crippen molar-refractivity contribution in [3.05, 3.63) is 23.2 Å². The van der Waals surface area contributed by atoms with Crippen molar-refractivity contribution in [2.24, 2.45) is 0 Å². The minimum absolute atomic E-state index is 0.0785. The molecule has 4 rings (SSSR count). The first-order valence-corrected chi connectivity index (χ1v) is 10.0. The van der Waals surface area contributed by atoms with Crippen LogP contribution < -0.4 is 0 Å². The Kier molecular flexibility index (Phi) is 3.77. The summed E-state index contributed by atoms with van der Waals surface area (Å²) in [6.07, 6.45) is 3.53. The smallest absolute Gasteiger partial charge is 0.248 e. The molecule has 0 radical (unpaired) electrons. The van der Waals surface area contributed by atoms with E-state index in [9.17, 15) is 8.42 Å². The lowest BCUT2D eigenvalue weighted by atomic mass is 9.98. The summed E-state index contributed by atoms with van der Waals surface area (Å²) < 4.78 is 37.7. The molecule has 0 bridgehead atoms. The van der Waals surface area contributed by atoms with Crippen molar-refractivity contribution in [1.82, 2.24) is 19.6 Å². The highest BCUT2D eigenvalue weighted by molar-refractivity contribution is 7.89. The molecule has 2 aromatic heterocycles. The Morgan fingerprint density at radius 3 is 2.36 bits per heavy atom. The molecule has 0 N–H and O–H groups in total. The molecule has 136 valence electrons. The molecule has 1 aliphatic carbocycles. The van der Waals surface area contributed by atoms with Gasteiger partial charge >= 0.3 is 0 Å². The lowest BCUT2D eigenvalue weighted by molar-refractivity contribution is 0.269. The fourth-order valence-electron chi connectivity index (χ4n) is 3.37. The highest BCUT2D eigenvalue weighted by atomic mass is 32.2. The van der Waals surface area contributed by atoms with Crippen LogP contribution in [0.15, 0.2) is 13.9 Å². The molecule has 0 aromatic carbocycles.